The molecule has 6 unspecified atom stereocenters. The summed E-state index contributed by atoms with van der Waals surface area (Å²) in [4.78, 5) is 4.79. The smallest absolute Gasteiger partial charge is 0.191 e. The van der Waals surface area contributed by atoms with Crippen LogP contribution in [0.15, 0.2) is 4.99 Å². The maximum Gasteiger partial charge on any atom is 0.191 e. The molecule has 0 bridgehead atoms. The molecule has 0 aromatic rings. The summed E-state index contributed by atoms with van der Waals surface area (Å²) in [6, 6.07) is 0.874. The molecule has 2 aliphatic heterocycles. The molecule has 0 aromatic heterocycles. The van der Waals surface area contributed by atoms with Gasteiger partial charge in [0.2, 0.25) is 0 Å². The molecule has 0 aromatic carbocycles. The first-order chi connectivity index (χ1) is 12.4. The van der Waals surface area contributed by atoms with E-state index in [1.807, 2.05) is 0 Å². The number of fused-ring (bicyclic) bond motifs is 2. The first kappa shape index (κ1) is 18.5. The zero-order valence-corrected chi connectivity index (χ0v) is 17.2. The van der Waals surface area contributed by atoms with Gasteiger partial charge in [0.15, 0.2) is 5.96 Å². The van der Waals surface area contributed by atoms with E-state index in [9.17, 15) is 0 Å². The third-order valence-corrected chi connectivity index (χ3v) is 7.56. The molecule has 2 aliphatic carbocycles. The van der Waals surface area contributed by atoms with Crippen LogP contribution < -0.4 is 10.6 Å². The fourth-order valence-electron chi connectivity index (χ4n) is 6.22. The highest BCUT2D eigenvalue weighted by Gasteiger charge is 2.60. The van der Waals surface area contributed by atoms with E-state index in [1.165, 1.54) is 25.7 Å². The fourth-order valence-corrected chi connectivity index (χ4v) is 6.22. The SMILES string of the molecule is CCN=C(NC1C2CCCOC2C1(C)C)NC1C2CCCOC2C1(C)C. The second kappa shape index (κ2) is 6.66. The minimum absolute atomic E-state index is 0.160. The lowest BCUT2D eigenvalue weighted by Gasteiger charge is -2.62. The van der Waals surface area contributed by atoms with Crippen LogP contribution in [0.5, 0.6) is 0 Å². The van der Waals surface area contributed by atoms with E-state index in [2.05, 4.69) is 45.3 Å². The first-order valence-corrected chi connectivity index (χ1v) is 10.7. The lowest BCUT2D eigenvalue weighted by Crippen LogP contribution is -2.74. The highest BCUT2D eigenvalue weighted by Crippen LogP contribution is 2.52. The number of rotatable bonds is 3. The average molecular weight is 364 g/mol. The fraction of sp³-hybridized carbons (Fsp3) is 0.952. The van der Waals surface area contributed by atoms with E-state index in [1.54, 1.807) is 0 Å². The molecule has 4 rings (SSSR count). The molecule has 0 amide bonds. The zero-order valence-electron chi connectivity index (χ0n) is 17.2. The Morgan fingerprint density at radius 2 is 1.35 bits per heavy atom. The van der Waals surface area contributed by atoms with Crippen molar-refractivity contribution < 1.29 is 9.47 Å². The maximum absolute atomic E-state index is 6.06. The molecular formula is C21H37N3O2. The number of ether oxygens (including phenoxy) is 2. The molecule has 2 saturated carbocycles. The van der Waals surface area contributed by atoms with Crippen LogP contribution in [0.4, 0.5) is 0 Å². The first-order valence-electron chi connectivity index (χ1n) is 10.7. The lowest BCUT2D eigenvalue weighted by molar-refractivity contribution is -0.192. The van der Waals surface area contributed by atoms with E-state index >= 15 is 0 Å². The van der Waals surface area contributed by atoms with Gasteiger partial charge in [0.1, 0.15) is 0 Å². The van der Waals surface area contributed by atoms with E-state index in [0.717, 1.165) is 25.7 Å². The highest BCUT2D eigenvalue weighted by atomic mass is 16.5. The Bertz CT molecular complexity index is 515. The van der Waals surface area contributed by atoms with Crippen molar-refractivity contribution in [1.29, 1.82) is 0 Å². The number of guanidine groups is 1. The molecule has 6 atom stereocenters. The minimum atomic E-state index is 0.160. The summed E-state index contributed by atoms with van der Waals surface area (Å²) < 4.78 is 12.1. The van der Waals surface area contributed by atoms with E-state index < -0.39 is 0 Å². The Morgan fingerprint density at radius 1 is 0.885 bits per heavy atom. The molecule has 4 aliphatic rings. The Hall–Kier alpha value is -0.810. The van der Waals surface area contributed by atoms with Crippen LogP contribution in [0.1, 0.15) is 60.3 Å². The van der Waals surface area contributed by atoms with Crippen molar-refractivity contribution in [1.82, 2.24) is 10.6 Å². The normalized spacial score (nSPS) is 42.3. The summed E-state index contributed by atoms with van der Waals surface area (Å²) in [6.45, 7) is 14.1. The van der Waals surface area contributed by atoms with Gasteiger partial charge in [-0.3, -0.25) is 4.99 Å². The molecular weight excluding hydrogens is 326 g/mol. The van der Waals surface area contributed by atoms with E-state index in [0.29, 0.717) is 36.1 Å². The van der Waals surface area contributed by atoms with E-state index in [-0.39, 0.29) is 10.8 Å². The van der Waals surface area contributed by atoms with Gasteiger partial charge in [-0.1, -0.05) is 27.7 Å². The molecule has 26 heavy (non-hydrogen) atoms. The van der Waals surface area contributed by atoms with Crippen molar-refractivity contribution >= 4 is 5.96 Å². The number of aliphatic imine (C=N–C) groups is 1. The highest BCUT2D eigenvalue weighted by molar-refractivity contribution is 5.81. The third kappa shape index (κ3) is 2.77. The van der Waals surface area contributed by atoms with Crippen molar-refractivity contribution in [2.24, 2.45) is 27.7 Å². The number of nitrogens with zero attached hydrogens (tertiary/aromatic N) is 1. The Labute approximate surface area is 158 Å². The molecule has 148 valence electrons. The van der Waals surface area contributed by atoms with Crippen molar-refractivity contribution in [3.05, 3.63) is 0 Å². The minimum Gasteiger partial charge on any atom is -0.377 e. The monoisotopic (exact) mass is 363 g/mol. The summed E-state index contributed by atoms with van der Waals surface area (Å²) in [6.07, 6.45) is 5.68. The largest absolute Gasteiger partial charge is 0.377 e. The van der Waals surface area contributed by atoms with Gasteiger partial charge in [-0.2, -0.15) is 0 Å². The summed E-state index contributed by atoms with van der Waals surface area (Å²) in [5.41, 5.74) is 0.319. The van der Waals surface area contributed by atoms with Crippen LogP contribution in [0.25, 0.3) is 0 Å². The molecule has 2 saturated heterocycles. The van der Waals surface area contributed by atoms with Crippen LogP contribution in [0, 0.1) is 22.7 Å². The van der Waals surface area contributed by atoms with Gasteiger partial charge in [0.25, 0.3) is 0 Å². The van der Waals surface area contributed by atoms with Crippen molar-refractivity contribution in [2.75, 3.05) is 19.8 Å². The second-order valence-corrected chi connectivity index (χ2v) is 9.90. The van der Waals surface area contributed by atoms with Gasteiger partial charge in [-0.05, 0) is 32.6 Å². The standard InChI is InChI=1S/C21H37N3O2/c1-6-22-19(23-15-13-9-7-11-25-17(13)20(15,2)3)24-16-14-10-8-12-26-18(14)21(16,4)5/h13-18H,6-12H2,1-5H3,(H2,22,23,24). The summed E-state index contributed by atoms with van der Waals surface area (Å²) in [7, 11) is 0. The molecule has 0 spiro atoms. The molecule has 4 fully saturated rings. The van der Waals surface area contributed by atoms with Crippen LogP contribution in [-0.2, 0) is 9.47 Å². The maximum atomic E-state index is 6.06. The lowest BCUT2D eigenvalue weighted by atomic mass is 9.55. The van der Waals surface area contributed by atoms with Crippen LogP contribution >= 0.6 is 0 Å². The number of hydrogen-bond acceptors (Lipinski definition) is 3. The Kier molecular flexibility index (Phi) is 4.75. The van der Waals surface area contributed by atoms with Crippen LogP contribution in [0.2, 0.25) is 0 Å². The van der Waals surface area contributed by atoms with Gasteiger partial charge in [-0.15, -0.1) is 0 Å². The Morgan fingerprint density at radius 3 is 1.77 bits per heavy atom. The number of hydrogen-bond donors (Lipinski definition) is 2. The topological polar surface area (TPSA) is 54.9 Å². The van der Waals surface area contributed by atoms with Gasteiger partial charge in [0, 0.05) is 54.5 Å². The predicted octanol–water partition coefficient (Wildman–Crippen LogP) is 2.95. The van der Waals surface area contributed by atoms with Gasteiger partial charge in [-0.25, -0.2) is 0 Å². The van der Waals surface area contributed by atoms with Crippen molar-refractivity contribution in [2.45, 2.75) is 84.6 Å². The zero-order chi connectivity index (χ0) is 18.5. The predicted molar refractivity (Wildman–Crippen MR) is 104 cm³/mol. The molecule has 2 heterocycles. The molecule has 5 heteroatoms. The van der Waals surface area contributed by atoms with Crippen LogP contribution in [-0.4, -0.2) is 50.0 Å². The molecule has 0 radical (unpaired) electrons. The molecule has 5 nitrogen and oxygen atoms in total. The van der Waals surface area contributed by atoms with Gasteiger partial charge >= 0.3 is 0 Å². The van der Waals surface area contributed by atoms with E-state index in [4.69, 9.17) is 14.5 Å². The number of nitrogens with one attached hydrogen (secondary N) is 2. The average Bonchev–Trinajstić information content (AvgIpc) is 2.63. The van der Waals surface area contributed by atoms with Gasteiger partial charge in [0.05, 0.1) is 12.2 Å². The van der Waals surface area contributed by atoms with Crippen LogP contribution in [0.3, 0.4) is 0 Å². The second-order valence-electron chi connectivity index (χ2n) is 9.90. The summed E-state index contributed by atoms with van der Waals surface area (Å²) in [5.74, 6) is 2.21. The summed E-state index contributed by atoms with van der Waals surface area (Å²) in [5, 5.41) is 7.59. The molecule has 2 N–H and O–H groups in total. The Balaban J connectivity index is 1.45. The van der Waals surface area contributed by atoms with Crippen molar-refractivity contribution in [3.63, 3.8) is 0 Å². The van der Waals surface area contributed by atoms with Gasteiger partial charge < -0.3 is 20.1 Å². The third-order valence-electron chi connectivity index (χ3n) is 7.56. The summed E-state index contributed by atoms with van der Waals surface area (Å²) >= 11 is 0. The quantitative estimate of drug-likeness (QED) is 0.598. The van der Waals surface area contributed by atoms with Crippen molar-refractivity contribution in [3.8, 4) is 0 Å².